The summed E-state index contributed by atoms with van der Waals surface area (Å²) in [4.78, 5) is 9.31. The van der Waals surface area contributed by atoms with Gasteiger partial charge in [0.15, 0.2) is 5.96 Å². The average Bonchev–Trinajstić information content (AvgIpc) is 3.11. The summed E-state index contributed by atoms with van der Waals surface area (Å²) >= 11 is 1.82. The first-order chi connectivity index (χ1) is 10.9. The van der Waals surface area contributed by atoms with Crippen molar-refractivity contribution in [2.75, 3.05) is 57.9 Å². The van der Waals surface area contributed by atoms with E-state index in [2.05, 4.69) is 37.6 Å². The van der Waals surface area contributed by atoms with Crippen LogP contribution in [0.3, 0.4) is 0 Å². The second-order valence-corrected chi connectivity index (χ2v) is 6.84. The van der Waals surface area contributed by atoms with Crippen molar-refractivity contribution >= 4 is 22.3 Å². The number of thiophene rings is 1. The molecule has 22 heavy (non-hydrogen) atoms. The zero-order chi connectivity index (χ0) is 15.2. The third-order valence-electron chi connectivity index (χ3n) is 4.50. The smallest absolute Gasteiger partial charge is 0.193 e. The van der Waals surface area contributed by atoms with Crippen molar-refractivity contribution in [2.45, 2.75) is 12.8 Å². The molecule has 2 aliphatic heterocycles. The number of nitrogens with zero attached hydrogens (tertiary/aromatic N) is 3. The predicted octanol–water partition coefficient (Wildman–Crippen LogP) is 1.87. The minimum atomic E-state index is 0.720. The molecule has 0 unspecified atom stereocenters. The summed E-state index contributed by atoms with van der Waals surface area (Å²) < 4.78 is 5.42. The van der Waals surface area contributed by atoms with Crippen LogP contribution < -0.4 is 10.2 Å². The van der Waals surface area contributed by atoms with Crippen LogP contribution in [0.15, 0.2) is 22.5 Å². The third-order valence-corrected chi connectivity index (χ3v) is 5.43. The van der Waals surface area contributed by atoms with Gasteiger partial charge in [0.25, 0.3) is 0 Å². The third kappa shape index (κ3) is 3.93. The zero-order valence-corrected chi connectivity index (χ0v) is 14.1. The maximum atomic E-state index is 5.42. The minimum Gasteiger partial charge on any atom is -0.381 e. The van der Waals surface area contributed by atoms with Crippen LogP contribution in [0.1, 0.15) is 12.8 Å². The van der Waals surface area contributed by atoms with E-state index in [1.807, 2.05) is 18.4 Å². The molecule has 1 N–H and O–H groups in total. The second kappa shape index (κ2) is 7.83. The number of aliphatic imine (C=N–C) groups is 1. The van der Waals surface area contributed by atoms with Crippen molar-refractivity contribution in [1.29, 1.82) is 0 Å². The van der Waals surface area contributed by atoms with Gasteiger partial charge in [0, 0.05) is 53.0 Å². The van der Waals surface area contributed by atoms with Crippen LogP contribution in [0.2, 0.25) is 0 Å². The molecule has 0 aliphatic carbocycles. The molecule has 0 aromatic carbocycles. The van der Waals surface area contributed by atoms with E-state index < -0.39 is 0 Å². The van der Waals surface area contributed by atoms with E-state index in [-0.39, 0.29) is 0 Å². The van der Waals surface area contributed by atoms with Crippen molar-refractivity contribution in [3.8, 4) is 0 Å². The van der Waals surface area contributed by atoms with Gasteiger partial charge >= 0.3 is 0 Å². The van der Waals surface area contributed by atoms with Gasteiger partial charge in [-0.2, -0.15) is 0 Å². The second-order valence-electron chi connectivity index (χ2n) is 5.91. The highest BCUT2D eigenvalue weighted by molar-refractivity contribution is 7.14. The molecule has 0 atom stereocenters. The van der Waals surface area contributed by atoms with E-state index >= 15 is 0 Å². The number of anilines is 1. The highest BCUT2D eigenvalue weighted by atomic mass is 32.1. The summed E-state index contributed by atoms with van der Waals surface area (Å²) in [5, 5.41) is 7.09. The Labute approximate surface area is 137 Å². The molecule has 0 spiro atoms. The van der Waals surface area contributed by atoms with Gasteiger partial charge in [-0.1, -0.05) is 0 Å². The Kier molecular flexibility index (Phi) is 5.56. The van der Waals surface area contributed by atoms with Gasteiger partial charge in [0.2, 0.25) is 0 Å². The van der Waals surface area contributed by atoms with Crippen molar-refractivity contribution in [2.24, 2.45) is 10.9 Å². The lowest BCUT2D eigenvalue weighted by atomic mass is 10.0. The lowest BCUT2D eigenvalue weighted by Gasteiger charge is -2.37. The van der Waals surface area contributed by atoms with E-state index in [9.17, 15) is 0 Å². The Morgan fingerprint density at radius 3 is 2.73 bits per heavy atom. The summed E-state index contributed by atoms with van der Waals surface area (Å²) in [6, 6.07) is 4.33. The molecule has 3 rings (SSSR count). The number of hydrogen-bond acceptors (Lipinski definition) is 4. The topological polar surface area (TPSA) is 40.1 Å². The molecule has 1 aromatic rings. The summed E-state index contributed by atoms with van der Waals surface area (Å²) in [5.41, 5.74) is 0. The van der Waals surface area contributed by atoms with E-state index in [0.717, 1.165) is 70.7 Å². The fourth-order valence-corrected chi connectivity index (χ4v) is 3.89. The molecule has 6 heteroatoms. The molecule has 0 radical (unpaired) electrons. The largest absolute Gasteiger partial charge is 0.381 e. The van der Waals surface area contributed by atoms with E-state index in [1.54, 1.807) is 0 Å². The molecule has 122 valence electrons. The molecule has 1 aromatic heterocycles. The number of hydrogen-bond donors (Lipinski definition) is 1. The van der Waals surface area contributed by atoms with Crippen molar-refractivity contribution in [1.82, 2.24) is 10.2 Å². The van der Waals surface area contributed by atoms with Gasteiger partial charge < -0.3 is 19.9 Å². The highest BCUT2D eigenvalue weighted by Crippen LogP contribution is 2.22. The molecule has 0 amide bonds. The van der Waals surface area contributed by atoms with Crippen LogP contribution in [0.5, 0.6) is 0 Å². The number of rotatable bonds is 3. The molecule has 2 fully saturated rings. The Morgan fingerprint density at radius 1 is 1.32 bits per heavy atom. The number of piperazine rings is 1. The lowest BCUT2D eigenvalue weighted by Crippen LogP contribution is -2.53. The highest BCUT2D eigenvalue weighted by Gasteiger charge is 2.21. The summed E-state index contributed by atoms with van der Waals surface area (Å²) in [5.74, 6) is 1.77. The number of nitrogens with one attached hydrogen (secondary N) is 1. The van der Waals surface area contributed by atoms with E-state index in [0.29, 0.717) is 0 Å². The van der Waals surface area contributed by atoms with Gasteiger partial charge in [-0.05, 0) is 36.3 Å². The Bertz CT molecular complexity index is 463. The lowest BCUT2D eigenvalue weighted by molar-refractivity contribution is 0.0673. The van der Waals surface area contributed by atoms with Crippen LogP contribution >= 0.6 is 11.3 Å². The summed E-state index contributed by atoms with van der Waals surface area (Å²) in [7, 11) is 1.89. The molecular weight excluding hydrogens is 296 g/mol. The quantitative estimate of drug-likeness (QED) is 0.681. The monoisotopic (exact) mass is 322 g/mol. The van der Waals surface area contributed by atoms with Gasteiger partial charge in [0.1, 0.15) is 0 Å². The zero-order valence-electron chi connectivity index (χ0n) is 13.3. The van der Waals surface area contributed by atoms with Crippen LogP contribution in [0.4, 0.5) is 5.00 Å². The number of guanidine groups is 1. The van der Waals surface area contributed by atoms with Crippen molar-refractivity contribution < 1.29 is 4.74 Å². The maximum absolute atomic E-state index is 5.42. The Balaban J connectivity index is 1.46. The van der Waals surface area contributed by atoms with Gasteiger partial charge in [-0.15, -0.1) is 11.3 Å². The molecule has 2 saturated heterocycles. The summed E-state index contributed by atoms with van der Waals surface area (Å²) in [6.07, 6.45) is 2.33. The SMILES string of the molecule is CN=C(NCC1CCOCC1)N1CCN(c2cccs2)CC1. The van der Waals surface area contributed by atoms with E-state index in [1.165, 1.54) is 5.00 Å². The van der Waals surface area contributed by atoms with Gasteiger partial charge in [0.05, 0.1) is 5.00 Å². The summed E-state index contributed by atoms with van der Waals surface area (Å²) in [6.45, 7) is 7.03. The van der Waals surface area contributed by atoms with E-state index in [4.69, 9.17) is 4.74 Å². The first-order valence-electron chi connectivity index (χ1n) is 8.18. The first kappa shape index (κ1) is 15.6. The fourth-order valence-electron chi connectivity index (χ4n) is 3.11. The van der Waals surface area contributed by atoms with Crippen molar-refractivity contribution in [3.05, 3.63) is 17.5 Å². The molecule has 2 aliphatic rings. The molecule has 3 heterocycles. The van der Waals surface area contributed by atoms with Gasteiger partial charge in [-0.25, -0.2) is 0 Å². The van der Waals surface area contributed by atoms with Crippen LogP contribution in [0.25, 0.3) is 0 Å². The standard InChI is InChI=1S/C16H26N4OS/c1-17-16(18-13-14-4-10-21-11-5-14)20-8-6-19(7-9-20)15-3-2-12-22-15/h2-3,12,14H,4-11,13H2,1H3,(H,17,18). The maximum Gasteiger partial charge on any atom is 0.193 e. The molecule has 0 saturated carbocycles. The van der Waals surface area contributed by atoms with Crippen LogP contribution in [0, 0.1) is 5.92 Å². The first-order valence-corrected chi connectivity index (χ1v) is 9.06. The Hall–Kier alpha value is -1.27. The molecular formula is C16H26N4OS. The van der Waals surface area contributed by atoms with Gasteiger partial charge in [-0.3, -0.25) is 4.99 Å². The Morgan fingerprint density at radius 2 is 2.09 bits per heavy atom. The van der Waals surface area contributed by atoms with Crippen molar-refractivity contribution in [3.63, 3.8) is 0 Å². The number of ether oxygens (including phenoxy) is 1. The minimum absolute atomic E-state index is 0.720. The normalized spacial score (nSPS) is 21.2. The molecule has 5 nitrogen and oxygen atoms in total. The fraction of sp³-hybridized carbons (Fsp3) is 0.688. The predicted molar refractivity (Wildman–Crippen MR) is 93.0 cm³/mol. The van der Waals surface area contributed by atoms with Crippen LogP contribution in [-0.4, -0.2) is 63.8 Å². The van der Waals surface area contributed by atoms with Crippen LogP contribution in [-0.2, 0) is 4.74 Å². The molecule has 0 bridgehead atoms. The average molecular weight is 322 g/mol.